The summed E-state index contributed by atoms with van der Waals surface area (Å²) in [4.78, 5) is 16.4. The van der Waals surface area contributed by atoms with E-state index in [0.717, 1.165) is 22.4 Å². The van der Waals surface area contributed by atoms with Gasteiger partial charge in [0.15, 0.2) is 0 Å². The van der Waals surface area contributed by atoms with Crippen molar-refractivity contribution in [3.8, 4) is 11.4 Å². The smallest absolute Gasteiger partial charge is 0.139 e. The number of nitrogens with zero attached hydrogens (tertiary/aromatic N) is 3. The van der Waals surface area contributed by atoms with Crippen molar-refractivity contribution < 1.29 is 0 Å². The van der Waals surface area contributed by atoms with E-state index in [-0.39, 0.29) is 0 Å². The molecule has 2 aromatic heterocycles. The van der Waals surface area contributed by atoms with E-state index in [9.17, 15) is 0 Å². The summed E-state index contributed by atoms with van der Waals surface area (Å²) in [5, 5.41) is 0. The van der Waals surface area contributed by atoms with Gasteiger partial charge in [-0.15, -0.1) is 0 Å². The Morgan fingerprint density at radius 2 is 1.85 bits per heavy atom. The summed E-state index contributed by atoms with van der Waals surface area (Å²) in [6, 6.07) is 7.92. The van der Waals surface area contributed by atoms with Gasteiger partial charge in [-0.1, -0.05) is 12.2 Å². The number of rotatable bonds is 2. The fourth-order valence-corrected chi connectivity index (χ4v) is 2.56. The molecular weight excluding hydrogens is 268 g/mol. The molecule has 0 amide bonds. The molecule has 4 nitrogen and oxygen atoms in total. The van der Waals surface area contributed by atoms with Crippen molar-refractivity contribution >= 4 is 23.3 Å². The molecule has 1 fully saturated rings. The predicted molar refractivity (Wildman–Crippen MR) is 79.9 cm³/mol. The Morgan fingerprint density at radius 1 is 1.05 bits per heavy atom. The SMILES string of the molecule is S=c1cc(C2CC2)[nH]c(-c2ccc3nccnc3c2)n1. The number of H-pyrrole nitrogens is 1. The van der Waals surface area contributed by atoms with Crippen molar-refractivity contribution in [1.82, 2.24) is 19.9 Å². The molecule has 4 rings (SSSR count). The Bertz CT molecular complexity index is 852. The summed E-state index contributed by atoms with van der Waals surface area (Å²) in [7, 11) is 0. The first kappa shape index (κ1) is 11.7. The molecule has 0 saturated heterocycles. The van der Waals surface area contributed by atoms with Gasteiger partial charge in [0.2, 0.25) is 0 Å². The maximum Gasteiger partial charge on any atom is 0.139 e. The molecule has 1 saturated carbocycles. The Kier molecular flexibility index (Phi) is 2.60. The number of benzene rings is 1. The lowest BCUT2D eigenvalue weighted by Gasteiger charge is -2.06. The molecule has 20 heavy (non-hydrogen) atoms. The van der Waals surface area contributed by atoms with E-state index in [4.69, 9.17) is 12.2 Å². The molecule has 1 aliphatic carbocycles. The Labute approximate surface area is 120 Å². The molecule has 5 heteroatoms. The van der Waals surface area contributed by atoms with Crippen LogP contribution in [0.5, 0.6) is 0 Å². The minimum atomic E-state index is 0.624. The van der Waals surface area contributed by atoms with Gasteiger partial charge in [-0.05, 0) is 43.0 Å². The van der Waals surface area contributed by atoms with E-state index in [2.05, 4.69) is 19.9 Å². The van der Waals surface area contributed by atoms with E-state index in [1.54, 1.807) is 12.4 Å². The van der Waals surface area contributed by atoms with Crippen LogP contribution in [-0.4, -0.2) is 19.9 Å². The number of hydrogen-bond acceptors (Lipinski definition) is 4. The van der Waals surface area contributed by atoms with Gasteiger partial charge < -0.3 is 4.98 Å². The second-order valence-corrected chi connectivity index (χ2v) is 5.48. The van der Waals surface area contributed by atoms with E-state index in [1.165, 1.54) is 18.5 Å². The van der Waals surface area contributed by atoms with Crippen LogP contribution in [0.4, 0.5) is 0 Å². The van der Waals surface area contributed by atoms with Crippen LogP contribution >= 0.6 is 12.2 Å². The maximum absolute atomic E-state index is 5.27. The molecule has 1 aliphatic rings. The first-order valence-corrected chi connectivity index (χ1v) is 7.03. The molecule has 1 aromatic carbocycles. The van der Waals surface area contributed by atoms with Crippen LogP contribution in [0.15, 0.2) is 36.7 Å². The number of aromatic nitrogens is 4. The lowest BCUT2D eigenvalue weighted by atomic mass is 10.1. The van der Waals surface area contributed by atoms with Crippen molar-refractivity contribution in [2.75, 3.05) is 0 Å². The second-order valence-electron chi connectivity index (χ2n) is 5.06. The summed E-state index contributed by atoms with van der Waals surface area (Å²) in [5.74, 6) is 1.44. The fraction of sp³-hybridized carbons (Fsp3) is 0.200. The summed E-state index contributed by atoms with van der Waals surface area (Å²) in [6.45, 7) is 0. The lowest BCUT2D eigenvalue weighted by Crippen LogP contribution is -1.95. The van der Waals surface area contributed by atoms with Crippen LogP contribution in [0.1, 0.15) is 24.5 Å². The summed E-state index contributed by atoms with van der Waals surface area (Å²) >= 11 is 5.27. The summed E-state index contributed by atoms with van der Waals surface area (Å²) < 4.78 is 0.639. The first-order chi connectivity index (χ1) is 9.79. The van der Waals surface area contributed by atoms with Gasteiger partial charge in [0.1, 0.15) is 10.5 Å². The lowest BCUT2D eigenvalue weighted by molar-refractivity contribution is 0.988. The van der Waals surface area contributed by atoms with Crippen molar-refractivity contribution in [2.24, 2.45) is 0 Å². The number of nitrogens with one attached hydrogen (secondary N) is 1. The van der Waals surface area contributed by atoms with E-state index >= 15 is 0 Å². The van der Waals surface area contributed by atoms with Gasteiger partial charge >= 0.3 is 0 Å². The van der Waals surface area contributed by atoms with E-state index < -0.39 is 0 Å². The normalized spacial score (nSPS) is 14.6. The summed E-state index contributed by atoms with van der Waals surface area (Å²) in [6.07, 6.45) is 5.86. The van der Waals surface area contributed by atoms with Crippen molar-refractivity contribution in [1.29, 1.82) is 0 Å². The minimum Gasteiger partial charge on any atom is -0.343 e. The molecule has 0 atom stereocenters. The monoisotopic (exact) mass is 280 g/mol. The first-order valence-electron chi connectivity index (χ1n) is 6.62. The van der Waals surface area contributed by atoms with Crippen molar-refractivity contribution in [3.05, 3.63) is 47.0 Å². The highest BCUT2D eigenvalue weighted by atomic mass is 32.1. The molecule has 0 bridgehead atoms. The molecule has 98 valence electrons. The van der Waals surface area contributed by atoms with Gasteiger partial charge in [-0.2, -0.15) is 0 Å². The largest absolute Gasteiger partial charge is 0.343 e. The van der Waals surface area contributed by atoms with Crippen molar-refractivity contribution in [3.63, 3.8) is 0 Å². The van der Waals surface area contributed by atoms with Gasteiger partial charge in [0.25, 0.3) is 0 Å². The number of fused-ring (bicyclic) bond motifs is 1. The van der Waals surface area contributed by atoms with E-state index in [1.807, 2.05) is 24.3 Å². The molecule has 0 unspecified atom stereocenters. The molecule has 1 N–H and O–H groups in total. The average Bonchev–Trinajstić information content (AvgIpc) is 3.31. The van der Waals surface area contributed by atoms with Gasteiger partial charge in [0, 0.05) is 23.7 Å². The zero-order valence-electron chi connectivity index (χ0n) is 10.7. The maximum atomic E-state index is 5.27. The fourth-order valence-electron chi connectivity index (χ4n) is 2.34. The molecule has 0 aliphatic heterocycles. The number of hydrogen-bond donors (Lipinski definition) is 1. The average molecular weight is 280 g/mol. The zero-order valence-corrected chi connectivity index (χ0v) is 11.5. The van der Waals surface area contributed by atoms with Gasteiger partial charge in [0.05, 0.1) is 11.0 Å². The van der Waals surface area contributed by atoms with Gasteiger partial charge in [-0.3, -0.25) is 9.97 Å². The predicted octanol–water partition coefficient (Wildman–Crippen LogP) is 3.63. The highest BCUT2D eigenvalue weighted by Crippen LogP contribution is 2.39. The zero-order chi connectivity index (χ0) is 13.5. The Morgan fingerprint density at radius 3 is 2.65 bits per heavy atom. The molecule has 0 spiro atoms. The van der Waals surface area contributed by atoms with Crippen LogP contribution in [0.25, 0.3) is 22.4 Å². The number of aromatic amines is 1. The van der Waals surface area contributed by atoms with Crippen LogP contribution < -0.4 is 0 Å². The molecule has 0 radical (unpaired) electrons. The summed E-state index contributed by atoms with van der Waals surface area (Å²) in [5.41, 5.74) is 3.93. The van der Waals surface area contributed by atoms with Crippen molar-refractivity contribution in [2.45, 2.75) is 18.8 Å². The minimum absolute atomic E-state index is 0.624. The van der Waals surface area contributed by atoms with E-state index in [0.29, 0.717) is 10.6 Å². The third kappa shape index (κ3) is 2.10. The van der Waals surface area contributed by atoms with Gasteiger partial charge in [-0.25, -0.2) is 4.98 Å². The van der Waals surface area contributed by atoms with Crippen LogP contribution in [0, 0.1) is 4.64 Å². The third-order valence-electron chi connectivity index (χ3n) is 3.52. The third-order valence-corrected chi connectivity index (χ3v) is 3.73. The molecule has 2 heterocycles. The van der Waals surface area contributed by atoms with Crippen LogP contribution in [-0.2, 0) is 0 Å². The highest BCUT2D eigenvalue weighted by molar-refractivity contribution is 7.71. The standard InChI is InChI=1S/C15H12N4S/c20-14-8-12(9-1-2-9)18-15(19-14)10-3-4-11-13(7-10)17-6-5-16-11/h3-9H,1-2H2,(H,18,19,20). The molecule has 3 aromatic rings. The van der Waals surface area contributed by atoms with Crippen LogP contribution in [0.2, 0.25) is 0 Å². The Hall–Kier alpha value is -2.14. The molecular formula is C15H12N4S. The second kappa shape index (κ2) is 4.45. The van der Waals surface area contributed by atoms with Crippen LogP contribution in [0.3, 0.4) is 0 Å². The Balaban J connectivity index is 1.87. The quantitative estimate of drug-likeness (QED) is 0.728. The highest BCUT2D eigenvalue weighted by Gasteiger charge is 2.24. The topological polar surface area (TPSA) is 54.5 Å².